The largest absolute Gasteiger partial charge is 0.455 e. The quantitative estimate of drug-likeness (QED) is 0.763. The molecule has 2 rings (SSSR count). The van der Waals surface area contributed by atoms with Crippen molar-refractivity contribution in [2.75, 3.05) is 11.9 Å². The summed E-state index contributed by atoms with van der Waals surface area (Å²) in [5, 5.41) is 2.33. The van der Waals surface area contributed by atoms with E-state index < -0.39 is 35.5 Å². The molecule has 0 fully saturated rings. The normalized spacial score (nSPS) is 10.4. The number of nitrogens with one attached hydrogen (secondary N) is 1. The lowest BCUT2D eigenvalue weighted by Gasteiger charge is -2.11. The van der Waals surface area contributed by atoms with Gasteiger partial charge in [-0.2, -0.15) is 0 Å². The fourth-order valence-electron chi connectivity index (χ4n) is 2.00. The van der Waals surface area contributed by atoms with Gasteiger partial charge in [0.1, 0.15) is 11.6 Å². The van der Waals surface area contributed by atoms with Crippen molar-refractivity contribution in [3.63, 3.8) is 0 Å². The SMILES string of the molecule is Cn1c(NC(=O)COC(=O)Cc2ccc(F)cc2)cc(=O)n(C)c1=O. The minimum Gasteiger partial charge on any atom is -0.455 e. The summed E-state index contributed by atoms with van der Waals surface area (Å²) in [6.07, 6.45) is -0.113. The van der Waals surface area contributed by atoms with E-state index in [4.69, 9.17) is 4.74 Å². The Morgan fingerprint density at radius 3 is 2.40 bits per heavy atom. The number of anilines is 1. The van der Waals surface area contributed by atoms with Crippen LogP contribution in [0.1, 0.15) is 5.56 Å². The smallest absolute Gasteiger partial charge is 0.332 e. The Morgan fingerprint density at radius 1 is 1.12 bits per heavy atom. The molecule has 1 heterocycles. The lowest BCUT2D eigenvalue weighted by Crippen LogP contribution is -2.38. The number of benzene rings is 1. The maximum absolute atomic E-state index is 12.8. The Kier molecular flexibility index (Phi) is 5.48. The van der Waals surface area contributed by atoms with Crippen LogP contribution in [-0.2, 0) is 34.8 Å². The molecule has 0 unspecified atom stereocenters. The summed E-state index contributed by atoms with van der Waals surface area (Å²) in [5.41, 5.74) is -0.636. The fourth-order valence-corrected chi connectivity index (χ4v) is 2.00. The van der Waals surface area contributed by atoms with E-state index in [0.717, 1.165) is 15.2 Å². The average Bonchev–Trinajstić information content (AvgIpc) is 2.58. The van der Waals surface area contributed by atoms with Gasteiger partial charge in [0.15, 0.2) is 6.61 Å². The molecular formula is C16H16FN3O5. The minimum absolute atomic E-state index is 0.00677. The molecule has 132 valence electrons. The molecule has 0 aliphatic carbocycles. The zero-order valence-corrected chi connectivity index (χ0v) is 13.6. The average molecular weight is 349 g/mol. The maximum atomic E-state index is 12.8. The van der Waals surface area contributed by atoms with E-state index in [1.807, 2.05) is 0 Å². The minimum atomic E-state index is -0.698. The number of halogens is 1. The van der Waals surface area contributed by atoms with Crippen LogP contribution in [0.3, 0.4) is 0 Å². The summed E-state index contributed by atoms with van der Waals surface area (Å²) < 4.78 is 19.6. The van der Waals surface area contributed by atoms with Gasteiger partial charge < -0.3 is 10.1 Å². The number of ether oxygens (including phenoxy) is 1. The van der Waals surface area contributed by atoms with Crippen molar-refractivity contribution in [3.05, 3.63) is 62.6 Å². The third-order valence-electron chi connectivity index (χ3n) is 3.42. The number of aromatic nitrogens is 2. The highest BCUT2D eigenvalue weighted by atomic mass is 19.1. The number of hydrogen-bond donors (Lipinski definition) is 1. The molecule has 2 aromatic rings. The molecule has 1 aromatic carbocycles. The van der Waals surface area contributed by atoms with E-state index in [-0.39, 0.29) is 12.2 Å². The van der Waals surface area contributed by atoms with Crippen LogP contribution in [0, 0.1) is 5.82 Å². The van der Waals surface area contributed by atoms with Gasteiger partial charge in [-0.15, -0.1) is 0 Å². The van der Waals surface area contributed by atoms with Crippen LogP contribution >= 0.6 is 0 Å². The second kappa shape index (κ2) is 7.56. The summed E-state index contributed by atoms with van der Waals surface area (Å²) in [6.45, 7) is -0.580. The van der Waals surface area contributed by atoms with E-state index in [1.54, 1.807) is 0 Å². The Balaban J connectivity index is 1.93. The van der Waals surface area contributed by atoms with Crippen LogP contribution < -0.4 is 16.6 Å². The number of rotatable bonds is 5. The molecule has 1 aromatic heterocycles. The highest BCUT2D eigenvalue weighted by Gasteiger charge is 2.12. The van der Waals surface area contributed by atoms with Crippen molar-refractivity contribution in [2.24, 2.45) is 14.1 Å². The van der Waals surface area contributed by atoms with E-state index in [1.165, 1.54) is 38.4 Å². The first-order valence-electron chi connectivity index (χ1n) is 7.25. The van der Waals surface area contributed by atoms with Crippen LogP contribution in [0.5, 0.6) is 0 Å². The molecule has 0 saturated carbocycles. The van der Waals surface area contributed by atoms with Crippen LogP contribution in [0.4, 0.5) is 10.2 Å². The van der Waals surface area contributed by atoms with Gasteiger partial charge in [0.05, 0.1) is 6.42 Å². The van der Waals surface area contributed by atoms with Crippen molar-refractivity contribution < 1.29 is 18.7 Å². The molecule has 0 aliphatic rings. The first-order chi connectivity index (χ1) is 11.8. The summed E-state index contributed by atoms with van der Waals surface area (Å²) in [5.74, 6) is -1.79. The van der Waals surface area contributed by atoms with Gasteiger partial charge in [-0.25, -0.2) is 9.18 Å². The Hall–Kier alpha value is -3.23. The lowest BCUT2D eigenvalue weighted by molar-refractivity contribution is -0.146. The zero-order valence-electron chi connectivity index (χ0n) is 13.6. The number of nitrogens with zero attached hydrogens (tertiary/aromatic N) is 2. The summed E-state index contributed by atoms with van der Waals surface area (Å²) in [7, 11) is 2.70. The second-order valence-electron chi connectivity index (χ2n) is 5.28. The summed E-state index contributed by atoms with van der Waals surface area (Å²) in [6, 6.07) is 6.38. The van der Waals surface area contributed by atoms with Crippen LogP contribution in [0.25, 0.3) is 0 Å². The molecule has 0 atom stereocenters. The van der Waals surface area contributed by atoms with Gasteiger partial charge in [0.2, 0.25) is 0 Å². The molecule has 1 N–H and O–H groups in total. The molecule has 0 radical (unpaired) electrons. The molecule has 0 aliphatic heterocycles. The number of carbonyl (C=O) groups is 2. The van der Waals surface area contributed by atoms with Gasteiger partial charge in [-0.1, -0.05) is 12.1 Å². The highest BCUT2D eigenvalue weighted by molar-refractivity contribution is 5.92. The standard InChI is InChI=1S/C16H16FN3O5/c1-19-12(8-14(22)20(2)16(19)24)18-13(21)9-25-15(23)7-10-3-5-11(17)6-4-10/h3-6,8H,7,9H2,1-2H3,(H,18,21). The van der Waals surface area contributed by atoms with E-state index in [2.05, 4.69) is 5.32 Å². The zero-order chi connectivity index (χ0) is 18.6. The van der Waals surface area contributed by atoms with Gasteiger partial charge in [-0.3, -0.25) is 23.5 Å². The predicted molar refractivity (Wildman–Crippen MR) is 86.6 cm³/mol. The monoisotopic (exact) mass is 349 g/mol. The van der Waals surface area contributed by atoms with Crippen molar-refractivity contribution in [1.82, 2.24) is 9.13 Å². The molecule has 1 amide bonds. The molecule has 25 heavy (non-hydrogen) atoms. The molecule has 9 heteroatoms. The molecule has 0 saturated heterocycles. The van der Waals surface area contributed by atoms with E-state index in [9.17, 15) is 23.6 Å². The number of carbonyl (C=O) groups excluding carboxylic acids is 2. The molecule has 0 bridgehead atoms. The predicted octanol–water partition coefficient (Wildman–Crippen LogP) is -0.0525. The van der Waals surface area contributed by atoms with Gasteiger partial charge in [0.25, 0.3) is 11.5 Å². The fraction of sp³-hybridized carbons (Fsp3) is 0.250. The van der Waals surface area contributed by atoms with E-state index in [0.29, 0.717) is 5.56 Å². The van der Waals surface area contributed by atoms with Gasteiger partial charge in [0, 0.05) is 20.2 Å². The number of amides is 1. The Labute approximate surface area is 141 Å². The number of esters is 1. The van der Waals surface area contributed by atoms with Gasteiger partial charge >= 0.3 is 11.7 Å². The van der Waals surface area contributed by atoms with Crippen molar-refractivity contribution in [1.29, 1.82) is 0 Å². The summed E-state index contributed by atoms with van der Waals surface area (Å²) in [4.78, 5) is 46.8. The summed E-state index contributed by atoms with van der Waals surface area (Å²) >= 11 is 0. The van der Waals surface area contributed by atoms with Crippen molar-refractivity contribution in [2.45, 2.75) is 6.42 Å². The first-order valence-corrected chi connectivity index (χ1v) is 7.25. The Morgan fingerprint density at radius 2 is 1.76 bits per heavy atom. The van der Waals surface area contributed by atoms with Crippen LogP contribution in [0.2, 0.25) is 0 Å². The third kappa shape index (κ3) is 4.63. The number of hydrogen-bond acceptors (Lipinski definition) is 5. The molecule has 8 nitrogen and oxygen atoms in total. The molecule has 0 spiro atoms. The highest BCUT2D eigenvalue weighted by Crippen LogP contribution is 2.04. The molecular weight excluding hydrogens is 333 g/mol. The topological polar surface area (TPSA) is 99.4 Å². The lowest BCUT2D eigenvalue weighted by atomic mass is 10.1. The van der Waals surface area contributed by atoms with Crippen molar-refractivity contribution in [3.8, 4) is 0 Å². The Bertz CT molecular complexity index is 915. The second-order valence-corrected chi connectivity index (χ2v) is 5.28. The maximum Gasteiger partial charge on any atom is 0.332 e. The van der Waals surface area contributed by atoms with Crippen LogP contribution in [-0.4, -0.2) is 27.6 Å². The van der Waals surface area contributed by atoms with Crippen LogP contribution in [0.15, 0.2) is 39.9 Å². The van der Waals surface area contributed by atoms with E-state index >= 15 is 0 Å². The first kappa shape index (κ1) is 18.1. The third-order valence-corrected chi connectivity index (χ3v) is 3.42. The van der Waals surface area contributed by atoms with Crippen molar-refractivity contribution >= 4 is 17.7 Å². The van der Waals surface area contributed by atoms with Gasteiger partial charge in [-0.05, 0) is 17.7 Å².